The zero-order chi connectivity index (χ0) is 29.4. The summed E-state index contributed by atoms with van der Waals surface area (Å²) in [6.45, 7) is 0.256. The Kier molecular flexibility index (Phi) is 7.77. The highest BCUT2D eigenvalue weighted by molar-refractivity contribution is 9.10. The Morgan fingerprint density at radius 3 is 2.64 bits per heavy atom. The van der Waals surface area contributed by atoms with Crippen molar-refractivity contribution in [2.75, 3.05) is 19.0 Å². The largest absolute Gasteiger partial charge is 0.488 e. The zero-order valence-electron chi connectivity index (χ0n) is 22.5. The van der Waals surface area contributed by atoms with Gasteiger partial charge in [0.15, 0.2) is 5.76 Å². The molecule has 0 saturated heterocycles. The summed E-state index contributed by atoms with van der Waals surface area (Å²) in [6, 6.07) is 25.8. The first-order valence-corrected chi connectivity index (χ1v) is 14.5. The molecular formula is C32H23BrCl2N4O3. The topological polar surface area (TPSA) is 72.9 Å². The van der Waals surface area contributed by atoms with Crippen molar-refractivity contribution in [2.45, 2.75) is 6.61 Å². The lowest BCUT2D eigenvalue weighted by Gasteiger charge is -2.16. The molecule has 42 heavy (non-hydrogen) atoms. The van der Waals surface area contributed by atoms with Crippen LogP contribution in [0.5, 0.6) is 5.75 Å². The van der Waals surface area contributed by atoms with Gasteiger partial charge in [-0.3, -0.25) is 4.79 Å². The molecule has 0 atom stereocenters. The van der Waals surface area contributed by atoms with E-state index in [0.29, 0.717) is 43.6 Å². The second-order valence-electron chi connectivity index (χ2n) is 9.76. The van der Waals surface area contributed by atoms with E-state index in [9.17, 15) is 4.79 Å². The third-order valence-electron chi connectivity index (χ3n) is 6.66. The van der Waals surface area contributed by atoms with Crippen molar-refractivity contribution in [1.82, 2.24) is 9.66 Å². The van der Waals surface area contributed by atoms with Crippen LogP contribution in [0.15, 0.2) is 104 Å². The predicted octanol–water partition coefficient (Wildman–Crippen LogP) is 8.41. The van der Waals surface area contributed by atoms with Crippen LogP contribution in [-0.4, -0.2) is 30.0 Å². The van der Waals surface area contributed by atoms with E-state index in [1.807, 2.05) is 73.6 Å². The summed E-state index contributed by atoms with van der Waals surface area (Å²) in [4.78, 5) is 20.5. The molecule has 0 fully saturated rings. The standard InChI is InChI=1S/C32H23BrCl2N4O3/c1-38(2)23-10-8-20(29(16-23)41-18-19-7-11-25(34)26(35)13-19)17-36-39-31(37-27-6-4-3-5-24(27)32(39)40)30-15-21-14-22(33)9-12-28(21)42-30/h3-17H,18H2,1-2H3. The first kappa shape index (κ1) is 28.0. The van der Waals surface area contributed by atoms with Crippen LogP contribution < -0.4 is 15.2 Å². The maximum atomic E-state index is 13.7. The minimum absolute atomic E-state index is 0.256. The van der Waals surface area contributed by atoms with Gasteiger partial charge < -0.3 is 14.1 Å². The zero-order valence-corrected chi connectivity index (χ0v) is 25.6. The molecule has 6 rings (SSSR count). The Hall–Kier alpha value is -4.11. The number of hydrogen-bond donors (Lipinski definition) is 0. The fourth-order valence-electron chi connectivity index (χ4n) is 4.46. The Morgan fingerprint density at radius 1 is 1.00 bits per heavy atom. The van der Waals surface area contributed by atoms with Crippen LogP contribution in [0.25, 0.3) is 33.5 Å². The van der Waals surface area contributed by atoms with E-state index in [0.717, 1.165) is 21.1 Å². The molecule has 0 radical (unpaired) electrons. The lowest BCUT2D eigenvalue weighted by molar-refractivity contribution is 0.306. The molecule has 0 amide bonds. The van der Waals surface area contributed by atoms with E-state index in [4.69, 9.17) is 37.3 Å². The van der Waals surface area contributed by atoms with E-state index in [2.05, 4.69) is 21.0 Å². The lowest BCUT2D eigenvalue weighted by Crippen LogP contribution is -2.20. The van der Waals surface area contributed by atoms with E-state index >= 15 is 0 Å². The lowest BCUT2D eigenvalue weighted by atomic mass is 10.2. The molecule has 0 saturated carbocycles. The molecule has 2 aromatic heterocycles. The number of halogens is 3. The van der Waals surface area contributed by atoms with E-state index in [1.165, 1.54) is 4.68 Å². The number of aromatic nitrogens is 2. The second kappa shape index (κ2) is 11.6. The molecule has 210 valence electrons. The summed E-state index contributed by atoms with van der Waals surface area (Å²) >= 11 is 15.8. The van der Waals surface area contributed by atoms with Crippen molar-refractivity contribution in [3.63, 3.8) is 0 Å². The molecule has 6 aromatic rings. The van der Waals surface area contributed by atoms with Gasteiger partial charge in [0, 0.05) is 41.3 Å². The molecule has 2 heterocycles. The maximum Gasteiger partial charge on any atom is 0.282 e. The number of nitrogens with zero attached hydrogens (tertiary/aromatic N) is 4. The molecule has 0 aliphatic rings. The molecule has 0 unspecified atom stereocenters. The molecule has 0 aliphatic carbocycles. The van der Waals surface area contributed by atoms with Gasteiger partial charge in [-0.15, -0.1) is 0 Å². The third kappa shape index (κ3) is 5.66. The van der Waals surface area contributed by atoms with E-state index in [1.54, 1.807) is 36.5 Å². The second-order valence-corrected chi connectivity index (χ2v) is 11.5. The minimum atomic E-state index is -0.323. The summed E-state index contributed by atoms with van der Waals surface area (Å²) in [5, 5.41) is 6.86. The average Bonchev–Trinajstić information content (AvgIpc) is 3.40. The first-order chi connectivity index (χ1) is 20.3. The van der Waals surface area contributed by atoms with Crippen molar-refractivity contribution < 1.29 is 9.15 Å². The highest BCUT2D eigenvalue weighted by Crippen LogP contribution is 2.30. The van der Waals surface area contributed by atoms with Gasteiger partial charge in [0.05, 0.1) is 27.2 Å². The van der Waals surface area contributed by atoms with Crippen LogP contribution in [0.2, 0.25) is 10.0 Å². The summed E-state index contributed by atoms with van der Waals surface area (Å²) in [7, 11) is 3.90. The molecule has 4 aromatic carbocycles. The number of rotatable bonds is 7. The number of para-hydroxylation sites is 1. The summed E-state index contributed by atoms with van der Waals surface area (Å²) in [5.74, 6) is 1.28. The minimum Gasteiger partial charge on any atom is -0.488 e. The number of ether oxygens (including phenoxy) is 1. The number of hydrogen-bond acceptors (Lipinski definition) is 6. The van der Waals surface area contributed by atoms with Gasteiger partial charge in [-0.1, -0.05) is 57.3 Å². The molecular weight excluding hydrogens is 639 g/mol. The Balaban J connectivity index is 1.44. The van der Waals surface area contributed by atoms with Gasteiger partial charge in [0.2, 0.25) is 5.82 Å². The molecule has 10 heteroatoms. The maximum absolute atomic E-state index is 13.7. The monoisotopic (exact) mass is 660 g/mol. The molecule has 0 spiro atoms. The quantitative estimate of drug-likeness (QED) is 0.161. The van der Waals surface area contributed by atoms with Crippen molar-refractivity contribution in [3.8, 4) is 17.3 Å². The molecule has 0 bridgehead atoms. The highest BCUT2D eigenvalue weighted by Gasteiger charge is 2.17. The summed E-state index contributed by atoms with van der Waals surface area (Å²) < 4.78 is 14.5. The highest BCUT2D eigenvalue weighted by atomic mass is 79.9. The Morgan fingerprint density at radius 2 is 1.83 bits per heavy atom. The normalized spacial score (nSPS) is 11.5. The molecule has 0 N–H and O–H groups in total. The van der Waals surface area contributed by atoms with Gasteiger partial charge in [0.1, 0.15) is 17.9 Å². The summed E-state index contributed by atoms with van der Waals surface area (Å²) in [6.07, 6.45) is 1.59. The van der Waals surface area contributed by atoms with Crippen LogP contribution >= 0.6 is 39.1 Å². The van der Waals surface area contributed by atoms with Gasteiger partial charge in [-0.25, -0.2) is 4.98 Å². The average molecular weight is 662 g/mol. The number of furan rings is 1. The number of fused-ring (bicyclic) bond motifs is 2. The fraction of sp³-hybridized carbons (Fsp3) is 0.0938. The van der Waals surface area contributed by atoms with Crippen LogP contribution in [0.1, 0.15) is 11.1 Å². The number of anilines is 1. The summed E-state index contributed by atoms with van der Waals surface area (Å²) in [5.41, 5.74) is 3.36. The fourth-order valence-corrected chi connectivity index (χ4v) is 5.16. The van der Waals surface area contributed by atoms with Crippen LogP contribution in [0.3, 0.4) is 0 Å². The van der Waals surface area contributed by atoms with Crippen molar-refractivity contribution in [1.29, 1.82) is 0 Å². The smallest absolute Gasteiger partial charge is 0.282 e. The molecule has 7 nitrogen and oxygen atoms in total. The van der Waals surface area contributed by atoms with Gasteiger partial charge in [0.25, 0.3) is 5.56 Å². The van der Waals surface area contributed by atoms with E-state index in [-0.39, 0.29) is 18.0 Å². The first-order valence-electron chi connectivity index (χ1n) is 12.9. The Bertz CT molecular complexity index is 2050. The van der Waals surface area contributed by atoms with E-state index < -0.39 is 0 Å². The SMILES string of the molecule is CN(C)c1ccc(C=Nn2c(-c3cc4cc(Br)ccc4o3)nc3ccccc3c2=O)c(OCc2ccc(Cl)c(Cl)c2)c1. The van der Waals surface area contributed by atoms with Gasteiger partial charge in [-0.2, -0.15) is 9.78 Å². The van der Waals surface area contributed by atoms with Gasteiger partial charge >= 0.3 is 0 Å². The van der Waals surface area contributed by atoms with Crippen LogP contribution in [0.4, 0.5) is 5.69 Å². The van der Waals surface area contributed by atoms with Crippen molar-refractivity contribution in [2.24, 2.45) is 5.10 Å². The number of benzene rings is 4. The van der Waals surface area contributed by atoms with Crippen LogP contribution in [0, 0.1) is 0 Å². The molecule has 0 aliphatic heterocycles. The Labute approximate surface area is 259 Å². The van der Waals surface area contributed by atoms with Crippen molar-refractivity contribution in [3.05, 3.63) is 121 Å². The van der Waals surface area contributed by atoms with Gasteiger partial charge in [-0.05, 0) is 66.2 Å². The van der Waals surface area contributed by atoms with Crippen molar-refractivity contribution >= 4 is 72.9 Å². The predicted molar refractivity (Wildman–Crippen MR) is 173 cm³/mol. The van der Waals surface area contributed by atoms with Crippen LogP contribution in [-0.2, 0) is 6.61 Å². The third-order valence-corrected chi connectivity index (χ3v) is 7.89.